The lowest BCUT2D eigenvalue weighted by molar-refractivity contribution is 0.222. The summed E-state index contributed by atoms with van der Waals surface area (Å²) in [6.07, 6.45) is 24.0. The highest BCUT2D eigenvalue weighted by Crippen LogP contribution is 2.32. The largest absolute Gasteiger partial charge is 0.368 e. The van der Waals surface area contributed by atoms with Crippen LogP contribution in [0.2, 0.25) is 0 Å². The van der Waals surface area contributed by atoms with Crippen molar-refractivity contribution in [3.8, 4) is 45.3 Å². The smallest absolute Gasteiger partial charge is 0.258 e. The average molecular weight is 1580 g/mol. The van der Waals surface area contributed by atoms with E-state index in [1.165, 1.54) is 11.1 Å². The van der Waals surface area contributed by atoms with Crippen LogP contribution in [-0.2, 0) is 0 Å². The van der Waals surface area contributed by atoms with Crippen LogP contribution < -0.4 is 42.7 Å². The zero-order chi connectivity index (χ0) is 82.1. The van der Waals surface area contributed by atoms with Crippen LogP contribution in [0.1, 0.15) is 122 Å². The Hall–Kier alpha value is -12.5. The van der Waals surface area contributed by atoms with Gasteiger partial charge in [0.2, 0.25) is 0 Å². The molecule has 0 aliphatic carbocycles. The van der Waals surface area contributed by atoms with Gasteiger partial charge in [0.1, 0.15) is 45.3 Å². The minimum atomic E-state index is -0.107. The van der Waals surface area contributed by atoms with Gasteiger partial charge in [0.15, 0.2) is 0 Å². The van der Waals surface area contributed by atoms with Gasteiger partial charge in [-0.1, -0.05) is 19.1 Å². The van der Waals surface area contributed by atoms with Gasteiger partial charge in [0.25, 0.3) is 22.2 Å². The highest BCUT2D eigenvalue weighted by molar-refractivity contribution is 5.71. The number of nitrogens with one attached hydrogen (secondary N) is 2. The number of anilines is 2. The monoisotopic (exact) mass is 1580 g/mol. The van der Waals surface area contributed by atoms with E-state index in [0.29, 0.717) is 86.7 Å². The number of piperidine rings is 2. The molecule has 4 aliphatic rings. The number of hydrogen-bond acceptors (Lipinski definition) is 20. The summed E-state index contributed by atoms with van der Waals surface area (Å²) >= 11 is 0. The van der Waals surface area contributed by atoms with Crippen molar-refractivity contribution >= 4 is 56.3 Å². The Morgan fingerprint density at radius 2 is 0.831 bits per heavy atom. The molecule has 4 saturated heterocycles. The summed E-state index contributed by atoms with van der Waals surface area (Å²) in [7, 11) is 2.16. The fourth-order valence-corrected chi connectivity index (χ4v) is 17.3. The number of piperazine rings is 2. The highest BCUT2D eigenvalue weighted by Gasteiger charge is 2.26. The number of hydrogen-bond donors (Lipinski definition) is 2. The molecule has 28 nitrogen and oxygen atoms in total. The Bertz CT molecular complexity index is 6800. The van der Waals surface area contributed by atoms with Crippen molar-refractivity contribution in [2.75, 3.05) is 82.3 Å². The summed E-state index contributed by atoms with van der Waals surface area (Å²) in [6, 6.07) is 31.8. The van der Waals surface area contributed by atoms with Crippen LogP contribution in [0.15, 0.2) is 178 Å². The van der Waals surface area contributed by atoms with Crippen molar-refractivity contribution in [2.45, 2.75) is 139 Å². The molecule has 20 rings (SSSR count). The van der Waals surface area contributed by atoms with Gasteiger partial charge >= 0.3 is 0 Å². The Morgan fingerprint density at radius 1 is 0.398 bits per heavy atom. The number of nitrogens with zero attached hydrogens (tertiary/aromatic N) is 22. The summed E-state index contributed by atoms with van der Waals surface area (Å²) in [6.45, 7) is 34.6. The van der Waals surface area contributed by atoms with Crippen molar-refractivity contribution in [3.63, 3.8) is 0 Å². The third-order valence-electron chi connectivity index (χ3n) is 23.4. The number of imidazole rings is 2. The van der Waals surface area contributed by atoms with Crippen LogP contribution in [-0.4, -0.2) is 186 Å². The van der Waals surface area contributed by atoms with Gasteiger partial charge in [0, 0.05) is 136 Å². The van der Waals surface area contributed by atoms with Crippen LogP contribution in [0.4, 0.5) is 11.4 Å². The molecule has 0 bridgehead atoms. The third kappa shape index (κ3) is 16.1. The fraction of sp³-hybridized carbons (Fsp3) is 0.356. The summed E-state index contributed by atoms with van der Waals surface area (Å²) in [5, 5.41) is 16.3. The maximum Gasteiger partial charge on any atom is 0.258 e. The molecule has 0 spiro atoms. The number of likely N-dealkylation sites (tertiary alicyclic amines) is 2. The summed E-state index contributed by atoms with van der Waals surface area (Å²) in [5.74, 6) is 1.03. The zero-order valence-electron chi connectivity index (χ0n) is 69.3. The van der Waals surface area contributed by atoms with Crippen LogP contribution >= 0.6 is 0 Å². The molecule has 604 valence electrons. The van der Waals surface area contributed by atoms with Crippen molar-refractivity contribution in [1.29, 1.82) is 0 Å². The van der Waals surface area contributed by atoms with Gasteiger partial charge in [-0.2, -0.15) is 10.2 Å². The quantitative estimate of drug-likeness (QED) is 0.136. The number of aromatic nitrogens is 18. The average Bonchev–Trinajstić information content (AvgIpc) is 1.43. The first-order valence-corrected chi connectivity index (χ1v) is 41.0. The van der Waals surface area contributed by atoms with Crippen molar-refractivity contribution in [3.05, 3.63) is 257 Å². The SMILES string of the molecule is CCN1CCC(c2ccc3nc(-c4ccn5cc(C)nc5c4)cc(=O)n3c2)CC1.Cc1cn2ccc(-c3cc(=O)n4cc(C5CCN(C)CC5)ccc4n3)cc2n1.Cc1cn2nc(-c3cc(=O)n4cc(N5CCN[C@@H](C)C5)cc(C)c4n3)cc2c(C)n1.Cc1cn2nc(-c3cc(=O)n4cc(N5C[C@@H](C)N[C@@H](C)C5)cc(C)c4n3)cc2c(C)n1. The molecule has 0 amide bonds. The lowest BCUT2D eigenvalue weighted by atomic mass is 9.90. The second-order valence-electron chi connectivity index (χ2n) is 32.7. The Balaban J connectivity index is 0.000000113. The van der Waals surface area contributed by atoms with E-state index in [9.17, 15) is 19.2 Å². The predicted octanol–water partition coefficient (Wildman–Crippen LogP) is 11.3. The molecular formula is C90H100N24O4. The molecule has 0 saturated carbocycles. The second kappa shape index (κ2) is 32.2. The van der Waals surface area contributed by atoms with E-state index in [4.69, 9.17) is 19.9 Å². The van der Waals surface area contributed by atoms with Gasteiger partial charge < -0.3 is 39.0 Å². The van der Waals surface area contributed by atoms with E-state index in [-0.39, 0.29) is 22.2 Å². The number of rotatable bonds is 9. The van der Waals surface area contributed by atoms with E-state index in [1.54, 1.807) is 50.9 Å². The van der Waals surface area contributed by atoms with Gasteiger partial charge in [-0.25, -0.2) is 38.9 Å². The second-order valence-corrected chi connectivity index (χ2v) is 32.7. The van der Waals surface area contributed by atoms with Crippen molar-refractivity contribution < 1.29 is 0 Å². The molecule has 20 heterocycles. The van der Waals surface area contributed by atoms with Crippen molar-refractivity contribution in [1.82, 2.24) is 106 Å². The first-order valence-electron chi connectivity index (χ1n) is 41.0. The first-order chi connectivity index (χ1) is 56.8. The third-order valence-corrected chi connectivity index (χ3v) is 23.4. The van der Waals surface area contributed by atoms with E-state index >= 15 is 0 Å². The van der Waals surface area contributed by atoms with E-state index < -0.39 is 0 Å². The normalized spacial score (nSPS) is 17.3. The van der Waals surface area contributed by atoms with Gasteiger partial charge in [0.05, 0.1) is 91.7 Å². The standard InChI is InChI=1S/C23H27N7O.C23H25N5O.C22H25N7O.C22H23N5O/c1-13-6-18(28-9-14(2)24-15(3)10-28)12-29-22(31)8-19(26-23(13)29)20-7-21-17(5)25-16(4)11-30(21)27-20;1-3-26-9-6-17(7-10-26)19-4-5-21-25-20(13-23(29)28(21)15-19)18-8-11-27-14-16(2)24-22(27)12-18;1-13-7-17(27-6-5-23-14(2)10-27)12-28-21(30)9-18(25-22(13)28)19-8-20-16(4)24-15(3)11-29(20)26-19;1-15-13-26-10-7-17(11-21(26)23-15)19-12-22(28)27-14-18(3-4-20(27)24-19)16-5-8-25(2)9-6-16/h6-8,11-12,14-15,24H,9-10H2,1-5H3;4-5,8,11-15,17H,3,6-7,9-10H2,1-2H3;7-9,11-12,14,23H,5-6,10H2,1-4H3;3-4,7,10-14,16H,5-6,8-9H2,1-2H3/t14-,15+;;14-;/m..0./s1. The van der Waals surface area contributed by atoms with E-state index in [1.807, 2.05) is 175 Å². The fourth-order valence-electron chi connectivity index (χ4n) is 17.3. The number of fused-ring (bicyclic) bond motifs is 8. The number of aryl methyl sites for hydroxylation is 8. The molecule has 0 radical (unpaired) electrons. The molecule has 4 aliphatic heterocycles. The maximum absolute atomic E-state index is 13.1. The van der Waals surface area contributed by atoms with Gasteiger partial charge in [-0.3, -0.25) is 46.7 Å². The minimum absolute atomic E-state index is 0.0442. The van der Waals surface area contributed by atoms with Crippen molar-refractivity contribution in [2.24, 2.45) is 0 Å². The van der Waals surface area contributed by atoms with Crippen LogP contribution in [0.25, 0.3) is 90.2 Å². The first kappa shape index (κ1) is 78.0. The topological polar surface area (TPSA) is 269 Å². The molecule has 2 N–H and O–H groups in total. The van der Waals surface area contributed by atoms with Gasteiger partial charge in [-0.15, -0.1) is 0 Å². The lowest BCUT2D eigenvalue weighted by Crippen LogP contribution is -2.54. The lowest BCUT2D eigenvalue weighted by Gasteiger charge is -2.37. The molecule has 118 heavy (non-hydrogen) atoms. The molecule has 4 fully saturated rings. The highest BCUT2D eigenvalue weighted by atomic mass is 16.1. The van der Waals surface area contributed by atoms with Gasteiger partial charge in [-0.05, 0) is 236 Å². The molecule has 16 aromatic rings. The Morgan fingerprint density at radius 3 is 1.30 bits per heavy atom. The molecular weight excluding hydrogens is 1480 g/mol. The molecule has 0 unspecified atom stereocenters. The molecule has 16 aromatic heterocycles. The summed E-state index contributed by atoms with van der Waals surface area (Å²) < 4.78 is 14.2. The van der Waals surface area contributed by atoms with E-state index in [2.05, 4.69) is 119 Å². The van der Waals surface area contributed by atoms with Crippen LogP contribution in [0.3, 0.4) is 0 Å². The zero-order valence-corrected chi connectivity index (χ0v) is 69.3. The maximum atomic E-state index is 13.1. The van der Waals surface area contributed by atoms with E-state index in [0.717, 1.165) is 181 Å². The Kier molecular flexibility index (Phi) is 21.3. The Labute approximate surface area is 681 Å². The van der Waals surface area contributed by atoms with Crippen LogP contribution in [0.5, 0.6) is 0 Å². The predicted molar refractivity (Wildman–Crippen MR) is 464 cm³/mol. The summed E-state index contributed by atoms with van der Waals surface area (Å²) in [4.78, 5) is 98.3. The molecule has 0 aromatic carbocycles. The summed E-state index contributed by atoms with van der Waals surface area (Å²) in [5.41, 5.74) is 23.6. The number of pyridine rings is 6. The molecule has 3 atom stereocenters. The molecule has 28 heteroatoms. The minimum Gasteiger partial charge on any atom is -0.368 e. The van der Waals surface area contributed by atoms with Crippen LogP contribution in [0, 0.1) is 55.4 Å².